The average molecular weight is 163 g/mol. The minimum atomic E-state index is 0.218. The summed E-state index contributed by atoms with van der Waals surface area (Å²) in [6.07, 6.45) is 3.30. The van der Waals surface area contributed by atoms with Crippen molar-refractivity contribution in [3.8, 4) is 5.75 Å². The normalized spacial score (nSPS) is 10.8. The maximum Gasteiger partial charge on any atom is 0.137 e. The smallest absolute Gasteiger partial charge is 0.137 e. The monoisotopic (exact) mass is 163 g/mol. The highest BCUT2D eigenvalue weighted by molar-refractivity contribution is 5.43. The summed E-state index contributed by atoms with van der Waals surface area (Å²) in [4.78, 5) is 4.10. The van der Waals surface area contributed by atoms with Crippen LogP contribution in [-0.2, 0) is 6.54 Å². The average Bonchev–Trinajstić information content (AvgIpc) is 2.46. The largest absolute Gasteiger partial charge is 0.506 e. The number of aromatic hydroxyl groups is 1. The second-order valence-electron chi connectivity index (χ2n) is 2.57. The Morgan fingerprint density at radius 3 is 3.08 bits per heavy atom. The van der Waals surface area contributed by atoms with Crippen LogP contribution in [0.3, 0.4) is 0 Å². The summed E-state index contributed by atoms with van der Waals surface area (Å²) >= 11 is 0. The number of aromatic nitrogens is 2. The number of nitrogens with zero attached hydrogens (tertiary/aromatic N) is 2. The molecular formula is C8H9N3O. The summed E-state index contributed by atoms with van der Waals surface area (Å²) in [7, 11) is 0. The quantitative estimate of drug-likeness (QED) is 0.643. The maximum atomic E-state index is 9.18. The third-order valence-electron chi connectivity index (χ3n) is 1.78. The predicted octanol–water partition coefficient (Wildman–Crippen LogP) is 0.499. The van der Waals surface area contributed by atoms with Crippen LogP contribution in [0.25, 0.3) is 5.65 Å². The Morgan fingerprint density at radius 2 is 2.33 bits per heavy atom. The first-order valence-electron chi connectivity index (χ1n) is 3.66. The lowest BCUT2D eigenvalue weighted by Crippen LogP contribution is -1.99. The molecule has 2 rings (SSSR count). The number of rotatable bonds is 1. The van der Waals surface area contributed by atoms with Crippen LogP contribution in [0.2, 0.25) is 0 Å². The second-order valence-corrected chi connectivity index (χ2v) is 2.57. The molecule has 0 radical (unpaired) electrons. The summed E-state index contributed by atoms with van der Waals surface area (Å²) < 4.78 is 1.77. The van der Waals surface area contributed by atoms with E-state index in [0.717, 1.165) is 11.3 Å². The number of hydrogen-bond acceptors (Lipinski definition) is 3. The Hall–Kier alpha value is -1.55. The molecule has 12 heavy (non-hydrogen) atoms. The van der Waals surface area contributed by atoms with Gasteiger partial charge in [-0.3, -0.25) is 4.40 Å². The van der Waals surface area contributed by atoms with Gasteiger partial charge in [-0.25, -0.2) is 4.98 Å². The number of nitrogens with two attached hydrogens (primary N) is 1. The van der Waals surface area contributed by atoms with E-state index in [2.05, 4.69) is 4.98 Å². The van der Waals surface area contributed by atoms with Gasteiger partial charge >= 0.3 is 0 Å². The van der Waals surface area contributed by atoms with E-state index < -0.39 is 0 Å². The molecule has 3 N–H and O–H groups in total. The fourth-order valence-electron chi connectivity index (χ4n) is 1.17. The molecule has 4 heteroatoms. The van der Waals surface area contributed by atoms with Gasteiger partial charge in [0.05, 0.1) is 18.1 Å². The highest BCUT2D eigenvalue weighted by atomic mass is 16.3. The van der Waals surface area contributed by atoms with Crippen LogP contribution in [0.5, 0.6) is 5.75 Å². The van der Waals surface area contributed by atoms with Gasteiger partial charge < -0.3 is 10.8 Å². The summed E-state index contributed by atoms with van der Waals surface area (Å²) in [6.45, 7) is 0.421. The molecule has 0 aromatic carbocycles. The first-order chi connectivity index (χ1) is 5.81. The van der Waals surface area contributed by atoms with E-state index in [-0.39, 0.29) is 5.75 Å². The minimum absolute atomic E-state index is 0.218. The van der Waals surface area contributed by atoms with Gasteiger partial charge in [-0.15, -0.1) is 0 Å². The molecule has 0 fully saturated rings. The Morgan fingerprint density at radius 1 is 1.50 bits per heavy atom. The molecule has 0 amide bonds. The van der Waals surface area contributed by atoms with E-state index in [9.17, 15) is 5.11 Å². The lowest BCUT2D eigenvalue weighted by atomic mass is 10.4. The zero-order valence-electron chi connectivity index (χ0n) is 6.44. The molecule has 0 atom stereocenters. The molecule has 62 valence electrons. The molecule has 0 aliphatic rings. The van der Waals surface area contributed by atoms with Crippen LogP contribution < -0.4 is 5.73 Å². The molecule has 4 nitrogen and oxygen atoms in total. The number of imidazole rings is 1. The first-order valence-corrected chi connectivity index (χ1v) is 3.66. The summed E-state index contributed by atoms with van der Waals surface area (Å²) in [6, 6.07) is 3.34. The fourth-order valence-corrected chi connectivity index (χ4v) is 1.17. The lowest BCUT2D eigenvalue weighted by Gasteiger charge is -1.97. The van der Waals surface area contributed by atoms with Crippen molar-refractivity contribution in [1.29, 1.82) is 0 Å². The van der Waals surface area contributed by atoms with E-state index in [4.69, 9.17) is 5.73 Å². The topological polar surface area (TPSA) is 63.5 Å². The van der Waals surface area contributed by atoms with Crippen molar-refractivity contribution in [2.24, 2.45) is 5.73 Å². The standard InChI is InChI=1S/C8H9N3O/c9-3-6-4-10-8-2-1-7(12)5-11(6)8/h1-2,4-5,12H,3,9H2. The van der Waals surface area contributed by atoms with Crippen LogP contribution in [0.4, 0.5) is 0 Å². The van der Waals surface area contributed by atoms with Gasteiger partial charge in [-0.2, -0.15) is 0 Å². The van der Waals surface area contributed by atoms with Gasteiger partial charge in [0.2, 0.25) is 0 Å². The van der Waals surface area contributed by atoms with Crippen molar-refractivity contribution >= 4 is 5.65 Å². The van der Waals surface area contributed by atoms with Crippen LogP contribution in [0, 0.1) is 0 Å². The second kappa shape index (κ2) is 2.49. The summed E-state index contributed by atoms with van der Waals surface area (Å²) in [5.41, 5.74) is 7.16. The van der Waals surface area contributed by atoms with Crippen molar-refractivity contribution < 1.29 is 5.11 Å². The van der Waals surface area contributed by atoms with Gasteiger partial charge in [0.15, 0.2) is 0 Å². The molecule has 0 saturated heterocycles. The molecule has 2 aromatic rings. The zero-order chi connectivity index (χ0) is 8.55. The third kappa shape index (κ3) is 0.931. The molecule has 0 aliphatic heterocycles. The number of hydrogen-bond donors (Lipinski definition) is 2. The molecular weight excluding hydrogens is 154 g/mol. The van der Waals surface area contributed by atoms with E-state index >= 15 is 0 Å². The molecule has 0 bridgehead atoms. The van der Waals surface area contributed by atoms with E-state index in [1.54, 1.807) is 28.9 Å². The van der Waals surface area contributed by atoms with Crippen molar-refractivity contribution in [3.63, 3.8) is 0 Å². The van der Waals surface area contributed by atoms with Gasteiger partial charge in [0.25, 0.3) is 0 Å². The number of fused-ring (bicyclic) bond motifs is 1. The highest BCUT2D eigenvalue weighted by Gasteiger charge is 2.00. The Labute approximate surface area is 69.3 Å². The van der Waals surface area contributed by atoms with E-state index in [0.29, 0.717) is 6.54 Å². The molecule has 0 spiro atoms. The summed E-state index contributed by atoms with van der Waals surface area (Å²) in [5, 5.41) is 9.18. The van der Waals surface area contributed by atoms with E-state index in [1.807, 2.05) is 0 Å². The predicted molar refractivity (Wildman–Crippen MR) is 44.7 cm³/mol. The zero-order valence-corrected chi connectivity index (χ0v) is 6.44. The van der Waals surface area contributed by atoms with Crippen molar-refractivity contribution in [3.05, 3.63) is 30.2 Å². The van der Waals surface area contributed by atoms with Crippen molar-refractivity contribution in [2.45, 2.75) is 6.54 Å². The molecule has 0 unspecified atom stereocenters. The molecule has 0 saturated carbocycles. The van der Waals surface area contributed by atoms with Crippen molar-refractivity contribution in [2.75, 3.05) is 0 Å². The molecule has 2 heterocycles. The first kappa shape index (κ1) is 7.12. The molecule has 0 aliphatic carbocycles. The third-order valence-corrected chi connectivity index (χ3v) is 1.78. The Balaban J connectivity index is 2.75. The maximum absolute atomic E-state index is 9.18. The Bertz CT molecular complexity index is 408. The number of pyridine rings is 1. The van der Waals surface area contributed by atoms with E-state index in [1.165, 1.54) is 0 Å². The highest BCUT2D eigenvalue weighted by Crippen LogP contribution is 2.12. The van der Waals surface area contributed by atoms with Crippen LogP contribution >= 0.6 is 0 Å². The fraction of sp³-hybridized carbons (Fsp3) is 0.125. The van der Waals surface area contributed by atoms with Gasteiger partial charge in [-0.1, -0.05) is 0 Å². The van der Waals surface area contributed by atoms with Crippen LogP contribution in [-0.4, -0.2) is 14.5 Å². The minimum Gasteiger partial charge on any atom is -0.506 e. The molecule has 2 aromatic heterocycles. The van der Waals surface area contributed by atoms with Crippen LogP contribution in [0.15, 0.2) is 24.5 Å². The SMILES string of the molecule is NCc1cnc2ccc(O)cn12. The summed E-state index contributed by atoms with van der Waals surface area (Å²) in [5.74, 6) is 0.218. The van der Waals surface area contributed by atoms with Crippen LogP contribution in [0.1, 0.15) is 5.69 Å². The van der Waals surface area contributed by atoms with Gasteiger partial charge in [-0.05, 0) is 12.1 Å². The van der Waals surface area contributed by atoms with Gasteiger partial charge in [0, 0.05) is 6.54 Å². The van der Waals surface area contributed by atoms with Gasteiger partial charge in [0.1, 0.15) is 11.4 Å². The Kier molecular flexibility index (Phi) is 1.48. The van der Waals surface area contributed by atoms with Crippen molar-refractivity contribution in [1.82, 2.24) is 9.38 Å². The lowest BCUT2D eigenvalue weighted by molar-refractivity contribution is 0.471.